The lowest BCUT2D eigenvalue weighted by Gasteiger charge is -2.29. The molecule has 162 valence electrons. The van der Waals surface area contributed by atoms with E-state index in [0.29, 0.717) is 41.7 Å². The smallest absolute Gasteiger partial charge is 0.255 e. The number of imide groups is 1. The third-order valence-electron chi connectivity index (χ3n) is 5.84. The van der Waals surface area contributed by atoms with E-state index in [1.165, 1.54) is 4.90 Å². The van der Waals surface area contributed by atoms with Crippen molar-refractivity contribution < 1.29 is 18.9 Å². The number of hydrogen-bond donors (Lipinski definition) is 1. The van der Waals surface area contributed by atoms with Crippen molar-refractivity contribution in [2.45, 2.75) is 38.8 Å². The second-order valence-corrected chi connectivity index (χ2v) is 8.45. The lowest BCUT2D eigenvalue weighted by Crippen LogP contribution is -2.52. The van der Waals surface area contributed by atoms with E-state index in [9.17, 15) is 14.4 Å². The standard InChI is InChI=1S/C23H19ClN4O4/c1-12-2-4-14(10-17(12)24)21-26-20(32-27-21)9-13-3-5-16-15(8-13)11-28(23(16)31)18-6-7-19(29)25-22(18)30/h2-5,8,10,18H,6-7,9,11H2,1H3,(H,25,29,30). The third-order valence-corrected chi connectivity index (χ3v) is 6.25. The molecule has 1 N–H and O–H groups in total. The molecule has 0 aliphatic carbocycles. The molecule has 0 spiro atoms. The summed E-state index contributed by atoms with van der Waals surface area (Å²) in [5.41, 5.74) is 4.06. The monoisotopic (exact) mass is 450 g/mol. The molecule has 1 atom stereocenters. The van der Waals surface area contributed by atoms with Gasteiger partial charge in [-0.2, -0.15) is 4.98 Å². The molecule has 3 heterocycles. The Hall–Kier alpha value is -3.52. The molecule has 2 aliphatic heterocycles. The number of halogens is 1. The van der Waals surface area contributed by atoms with Crippen LogP contribution in [0.15, 0.2) is 40.9 Å². The average molecular weight is 451 g/mol. The summed E-state index contributed by atoms with van der Waals surface area (Å²) < 4.78 is 5.41. The zero-order valence-corrected chi connectivity index (χ0v) is 18.0. The minimum absolute atomic E-state index is 0.197. The lowest BCUT2D eigenvalue weighted by molar-refractivity contribution is -0.136. The van der Waals surface area contributed by atoms with E-state index in [4.69, 9.17) is 16.1 Å². The fourth-order valence-corrected chi connectivity index (χ4v) is 4.27. The molecule has 1 fully saturated rings. The minimum Gasteiger partial charge on any atom is -0.339 e. The summed E-state index contributed by atoms with van der Waals surface area (Å²) in [5, 5.41) is 7.00. The molecule has 9 heteroatoms. The fraction of sp³-hybridized carbons (Fsp3) is 0.261. The average Bonchev–Trinajstić information content (AvgIpc) is 3.35. The number of aryl methyl sites for hydroxylation is 1. The van der Waals surface area contributed by atoms with Gasteiger partial charge in [0.15, 0.2) is 0 Å². The fourth-order valence-electron chi connectivity index (χ4n) is 4.09. The van der Waals surface area contributed by atoms with Crippen LogP contribution in [0.5, 0.6) is 0 Å². The van der Waals surface area contributed by atoms with Crippen molar-refractivity contribution in [2.75, 3.05) is 0 Å². The van der Waals surface area contributed by atoms with Crippen LogP contribution >= 0.6 is 11.6 Å². The largest absolute Gasteiger partial charge is 0.339 e. The molecule has 0 radical (unpaired) electrons. The quantitative estimate of drug-likeness (QED) is 0.612. The van der Waals surface area contributed by atoms with Gasteiger partial charge >= 0.3 is 0 Å². The summed E-state index contributed by atoms with van der Waals surface area (Å²) in [6, 6.07) is 10.5. The summed E-state index contributed by atoms with van der Waals surface area (Å²) in [6.45, 7) is 2.25. The predicted molar refractivity (Wildman–Crippen MR) is 115 cm³/mol. The van der Waals surface area contributed by atoms with Gasteiger partial charge in [-0.3, -0.25) is 19.7 Å². The number of aromatic nitrogens is 2. The molecule has 0 bridgehead atoms. The van der Waals surface area contributed by atoms with Crippen molar-refractivity contribution >= 4 is 29.3 Å². The molecule has 1 aromatic heterocycles. The van der Waals surface area contributed by atoms with Gasteiger partial charge in [0.2, 0.25) is 23.5 Å². The number of carbonyl (C=O) groups is 3. The van der Waals surface area contributed by atoms with Crippen LogP contribution in [-0.2, 0) is 22.6 Å². The number of hydrogen-bond acceptors (Lipinski definition) is 6. The normalized spacial score (nSPS) is 18.1. The lowest BCUT2D eigenvalue weighted by atomic mass is 10.0. The summed E-state index contributed by atoms with van der Waals surface area (Å²) in [6.07, 6.45) is 0.977. The number of rotatable bonds is 4. The molecule has 5 rings (SSSR count). The topological polar surface area (TPSA) is 105 Å². The molecule has 2 aromatic carbocycles. The molecular weight excluding hydrogens is 432 g/mol. The van der Waals surface area contributed by atoms with Crippen LogP contribution < -0.4 is 5.32 Å². The maximum atomic E-state index is 12.8. The van der Waals surface area contributed by atoms with Crippen LogP contribution in [0.25, 0.3) is 11.4 Å². The highest BCUT2D eigenvalue weighted by atomic mass is 35.5. The van der Waals surface area contributed by atoms with E-state index in [1.54, 1.807) is 12.1 Å². The molecule has 2 aliphatic rings. The van der Waals surface area contributed by atoms with E-state index in [-0.39, 0.29) is 18.2 Å². The minimum atomic E-state index is -0.629. The molecular formula is C23H19ClN4O4. The summed E-state index contributed by atoms with van der Waals surface area (Å²) in [7, 11) is 0. The van der Waals surface area contributed by atoms with Crippen LogP contribution in [0.2, 0.25) is 5.02 Å². The van der Waals surface area contributed by atoms with Crippen molar-refractivity contribution in [3.8, 4) is 11.4 Å². The first kappa shape index (κ1) is 20.4. The van der Waals surface area contributed by atoms with Crippen molar-refractivity contribution in [1.82, 2.24) is 20.4 Å². The first-order chi connectivity index (χ1) is 15.4. The zero-order chi connectivity index (χ0) is 22.4. The van der Waals surface area contributed by atoms with E-state index in [0.717, 1.165) is 22.3 Å². The Morgan fingerprint density at radius 2 is 2.03 bits per heavy atom. The summed E-state index contributed by atoms with van der Waals surface area (Å²) in [5.74, 6) is -0.00981. The molecule has 32 heavy (non-hydrogen) atoms. The molecule has 3 aromatic rings. The van der Waals surface area contributed by atoms with E-state index in [2.05, 4.69) is 15.5 Å². The molecule has 3 amide bonds. The van der Waals surface area contributed by atoms with Gasteiger partial charge < -0.3 is 9.42 Å². The SMILES string of the molecule is Cc1ccc(-c2noc(Cc3ccc4c(c3)CN(C3CCC(=O)NC3=O)C4=O)n2)cc1Cl. The van der Waals surface area contributed by atoms with Gasteiger partial charge in [0.05, 0.1) is 6.42 Å². The van der Waals surface area contributed by atoms with Crippen LogP contribution in [0.1, 0.15) is 45.8 Å². The molecule has 0 saturated carbocycles. The summed E-state index contributed by atoms with van der Waals surface area (Å²) in [4.78, 5) is 42.4. The highest BCUT2D eigenvalue weighted by Crippen LogP contribution is 2.29. The second-order valence-electron chi connectivity index (χ2n) is 8.04. The Balaban J connectivity index is 1.33. The number of nitrogens with one attached hydrogen (secondary N) is 1. The number of carbonyl (C=O) groups excluding carboxylic acids is 3. The van der Waals surface area contributed by atoms with Gasteiger partial charge in [0.1, 0.15) is 6.04 Å². The van der Waals surface area contributed by atoms with E-state index < -0.39 is 11.9 Å². The van der Waals surface area contributed by atoms with Crippen molar-refractivity contribution in [1.29, 1.82) is 0 Å². The maximum Gasteiger partial charge on any atom is 0.255 e. The van der Waals surface area contributed by atoms with E-state index in [1.807, 2.05) is 31.2 Å². The molecule has 1 saturated heterocycles. The van der Waals surface area contributed by atoms with Crippen LogP contribution in [0.3, 0.4) is 0 Å². The Morgan fingerprint density at radius 3 is 2.81 bits per heavy atom. The number of piperidine rings is 1. The van der Waals surface area contributed by atoms with Crippen LogP contribution in [0.4, 0.5) is 0 Å². The van der Waals surface area contributed by atoms with Gasteiger partial charge in [0.25, 0.3) is 5.91 Å². The maximum absolute atomic E-state index is 12.8. The first-order valence-corrected chi connectivity index (χ1v) is 10.6. The first-order valence-electron chi connectivity index (χ1n) is 10.2. The Morgan fingerprint density at radius 1 is 1.19 bits per heavy atom. The molecule has 8 nitrogen and oxygen atoms in total. The number of nitrogens with zero attached hydrogens (tertiary/aromatic N) is 3. The van der Waals surface area contributed by atoms with Crippen LogP contribution in [0, 0.1) is 6.92 Å². The van der Waals surface area contributed by atoms with Gasteiger partial charge in [0, 0.05) is 29.1 Å². The van der Waals surface area contributed by atoms with Gasteiger partial charge in [-0.15, -0.1) is 0 Å². The van der Waals surface area contributed by atoms with Crippen molar-refractivity contribution in [3.05, 3.63) is 69.6 Å². The zero-order valence-electron chi connectivity index (χ0n) is 17.2. The highest BCUT2D eigenvalue weighted by Gasteiger charge is 2.39. The number of benzene rings is 2. The van der Waals surface area contributed by atoms with Gasteiger partial charge in [-0.05, 0) is 42.2 Å². The van der Waals surface area contributed by atoms with Crippen molar-refractivity contribution in [3.63, 3.8) is 0 Å². The Kier molecular flexibility index (Phi) is 5.01. The summed E-state index contributed by atoms with van der Waals surface area (Å²) >= 11 is 6.19. The Bertz CT molecular complexity index is 1270. The van der Waals surface area contributed by atoms with Crippen LogP contribution in [-0.4, -0.2) is 38.8 Å². The van der Waals surface area contributed by atoms with Crippen molar-refractivity contribution in [2.24, 2.45) is 0 Å². The highest BCUT2D eigenvalue weighted by molar-refractivity contribution is 6.31. The number of fused-ring (bicyclic) bond motifs is 1. The van der Waals surface area contributed by atoms with E-state index >= 15 is 0 Å². The van der Waals surface area contributed by atoms with Gasteiger partial charge in [-0.25, -0.2) is 0 Å². The third kappa shape index (κ3) is 3.67. The second kappa shape index (κ2) is 7.87. The number of amides is 3. The Labute approximate surface area is 188 Å². The van der Waals surface area contributed by atoms with Gasteiger partial charge in [-0.1, -0.05) is 41.0 Å². The molecule has 1 unspecified atom stereocenters. The predicted octanol–water partition coefficient (Wildman–Crippen LogP) is 3.05.